The van der Waals surface area contributed by atoms with Gasteiger partial charge in [-0.15, -0.1) is 5.73 Å². The molecule has 1 atom stereocenters. The summed E-state index contributed by atoms with van der Waals surface area (Å²) in [5.41, 5.74) is 4.40. The SMILES string of the molecule is C=C=C(CCCC)[C@@H](O)C#Cc1ccc(OC)cc1. The summed E-state index contributed by atoms with van der Waals surface area (Å²) in [6.45, 7) is 5.71. The van der Waals surface area contributed by atoms with E-state index in [2.05, 4.69) is 31.1 Å². The van der Waals surface area contributed by atoms with Crippen molar-refractivity contribution < 1.29 is 9.84 Å². The van der Waals surface area contributed by atoms with Crippen molar-refractivity contribution in [3.8, 4) is 17.6 Å². The third-order valence-corrected chi connectivity index (χ3v) is 2.80. The number of benzene rings is 1. The number of rotatable bonds is 5. The molecule has 1 rings (SSSR count). The van der Waals surface area contributed by atoms with Crippen LogP contribution < -0.4 is 4.74 Å². The van der Waals surface area contributed by atoms with Gasteiger partial charge in [-0.3, -0.25) is 0 Å². The highest BCUT2D eigenvalue weighted by molar-refractivity contribution is 5.39. The summed E-state index contributed by atoms with van der Waals surface area (Å²) < 4.78 is 5.07. The van der Waals surface area contributed by atoms with Gasteiger partial charge in [0.25, 0.3) is 0 Å². The van der Waals surface area contributed by atoms with Gasteiger partial charge in [0.05, 0.1) is 7.11 Å². The van der Waals surface area contributed by atoms with Crippen molar-refractivity contribution in [1.29, 1.82) is 0 Å². The van der Waals surface area contributed by atoms with Crippen LogP contribution in [-0.2, 0) is 0 Å². The Kier molecular flexibility index (Phi) is 6.53. The van der Waals surface area contributed by atoms with Gasteiger partial charge in [-0.2, -0.15) is 0 Å². The molecular formula is C17H20O2. The molecule has 0 aromatic heterocycles. The summed E-state index contributed by atoms with van der Waals surface area (Å²) in [6, 6.07) is 7.42. The minimum absolute atomic E-state index is 0.767. The normalized spacial score (nSPS) is 10.9. The monoisotopic (exact) mass is 256 g/mol. The van der Waals surface area contributed by atoms with Crippen molar-refractivity contribution in [2.45, 2.75) is 32.3 Å². The molecule has 1 N–H and O–H groups in total. The van der Waals surface area contributed by atoms with Crippen molar-refractivity contribution in [3.05, 3.63) is 47.7 Å². The first-order valence-electron chi connectivity index (χ1n) is 6.43. The van der Waals surface area contributed by atoms with Gasteiger partial charge in [0, 0.05) is 11.1 Å². The number of methoxy groups -OCH3 is 1. The number of aliphatic hydroxyl groups excluding tert-OH is 1. The first-order valence-corrected chi connectivity index (χ1v) is 6.43. The van der Waals surface area contributed by atoms with Crippen LogP contribution in [0, 0.1) is 11.8 Å². The summed E-state index contributed by atoms with van der Waals surface area (Å²) in [4.78, 5) is 0. The van der Waals surface area contributed by atoms with Crippen LogP contribution in [0.5, 0.6) is 5.75 Å². The predicted molar refractivity (Wildman–Crippen MR) is 78.1 cm³/mol. The van der Waals surface area contributed by atoms with E-state index in [-0.39, 0.29) is 0 Å². The zero-order valence-corrected chi connectivity index (χ0v) is 11.6. The van der Waals surface area contributed by atoms with Gasteiger partial charge in [-0.25, -0.2) is 0 Å². The molecule has 100 valence electrons. The lowest BCUT2D eigenvalue weighted by Gasteiger charge is -2.05. The Morgan fingerprint density at radius 3 is 2.58 bits per heavy atom. The maximum Gasteiger partial charge on any atom is 0.143 e. The molecule has 0 saturated carbocycles. The van der Waals surface area contributed by atoms with Crippen LogP contribution in [0.15, 0.2) is 42.1 Å². The molecule has 0 fully saturated rings. The summed E-state index contributed by atoms with van der Waals surface area (Å²) in [7, 11) is 1.62. The maximum atomic E-state index is 9.96. The minimum Gasteiger partial charge on any atom is -0.497 e. The van der Waals surface area contributed by atoms with Crippen LogP contribution in [0.4, 0.5) is 0 Å². The highest BCUT2D eigenvalue weighted by atomic mass is 16.5. The van der Waals surface area contributed by atoms with E-state index in [1.807, 2.05) is 24.3 Å². The van der Waals surface area contributed by atoms with Crippen LogP contribution >= 0.6 is 0 Å². The van der Waals surface area contributed by atoms with Crippen LogP contribution in [0.2, 0.25) is 0 Å². The molecule has 2 heteroatoms. The number of ether oxygens (including phenoxy) is 1. The molecule has 0 aliphatic carbocycles. The Balaban J connectivity index is 2.72. The lowest BCUT2D eigenvalue weighted by molar-refractivity contribution is 0.263. The fourth-order valence-electron chi connectivity index (χ4n) is 1.60. The van der Waals surface area contributed by atoms with Crippen molar-refractivity contribution in [3.63, 3.8) is 0 Å². The second kappa shape index (κ2) is 8.21. The Morgan fingerprint density at radius 1 is 1.37 bits per heavy atom. The number of hydrogen-bond donors (Lipinski definition) is 1. The van der Waals surface area contributed by atoms with Gasteiger partial charge in [0.1, 0.15) is 11.9 Å². The quantitative estimate of drug-likeness (QED) is 0.647. The molecule has 0 bridgehead atoms. The zero-order valence-electron chi connectivity index (χ0n) is 11.6. The zero-order chi connectivity index (χ0) is 14.1. The Hall–Kier alpha value is -1.94. The van der Waals surface area contributed by atoms with E-state index in [0.29, 0.717) is 0 Å². The van der Waals surface area contributed by atoms with E-state index in [0.717, 1.165) is 36.1 Å². The van der Waals surface area contributed by atoms with Crippen LogP contribution in [0.25, 0.3) is 0 Å². The molecule has 19 heavy (non-hydrogen) atoms. The molecule has 1 aromatic rings. The highest BCUT2D eigenvalue weighted by Crippen LogP contribution is 2.12. The van der Waals surface area contributed by atoms with Crippen LogP contribution in [0.3, 0.4) is 0 Å². The summed E-state index contributed by atoms with van der Waals surface area (Å²) in [5, 5.41) is 9.96. The average molecular weight is 256 g/mol. The van der Waals surface area contributed by atoms with Crippen LogP contribution in [0.1, 0.15) is 31.7 Å². The lowest BCUT2D eigenvalue weighted by atomic mass is 10.0. The Labute approximate surface area is 115 Å². The van der Waals surface area contributed by atoms with Gasteiger partial charge in [-0.1, -0.05) is 31.8 Å². The van der Waals surface area contributed by atoms with Crippen LogP contribution in [-0.4, -0.2) is 18.3 Å². The topological polar surface area (TPSA) is 29.5 Å². The Morgan fingerprint density at radius 2 is 2.05 bits per heavy atom. The molecule has 2 nitrogen and oxygen atoms in total. The first kappa shape index (κ1) is 15.1. The van der Waals surface area contributed by atoms with Gasteiger partial charge >= 0.3 is 0 Å². The van der Waals surface area contributed by atoms with E-state index < -0.39 is 6.10 Å². The molecule has 0 heterocycles. The minimum atomic E-state index is -0.786. The van der Waals surface area contributed by atoms with E-state index in [4.69, 9.17) is 4.74 Å². The van der Waals surface area contributed by atoms with Gasteiger partial charge < -0.3 is 9.84 Å². The third-order valence-electron chi connectivity index (χ3n) is 2.80. The molecule has 1 aromatic carbocycles. The second-order valence-corrected chi connectivity index (χ2v) is 4.21. The molecule has 0 spiro atoms. The van der Waals surface area contributed by atoms with Crippen molar-refractivity contribution in [2.75, 3.05) is 7.11 Å². The average Bonchev–Trinajstić information content (AvgIpc) is 2.46. The van der Waals surface area contributed by atoms with E-state index in [1.165, 1.54) is 0 Å². The fourth-order valence-corrected chi connectivity index (χ4v) is 1.60. The van der Waals surface area contributed by atoms with Gasteiger partial charge in [0.15, 0.2) is 0 Å². The molecule has 0 unspecified atom stereocenters. The first-order chi connectivity index (χ1) is 9.21. The number of aliphatic hydroxyl groups is 1. The maximum absolute atomic E-state index is 9.96. The third kappa shape index (κ3) is 5.06. The van der Waals surface area contributed by atoms with E-state index in [9.17, 15) is 5.11 Å². The smallest absolute Gasteiger partial charge is 0.143 e. The Bertz CT molecular complexity index is 496. The molecule has 0 aliphatic rings. The van der Waals surface area contributed by atoms with Gasteiger partial charge in [-0.05, 0) is 37.1 Å². The molecule has 0 saturated heterocycles. The second-order valence-electron chi connectivity index (χ2n) is 4.21. The standard InChI is InChI=1S/C17H20O2/c1-4-6-7-15(5-2)17(18)13-10-14-8-11-16(19-3)12-9-14/h8-9,11-12,17-18H,2,4,6-7H2,1,3H3/t17-/m0/s1. The predicted octanol–water partition coefficient (Wildman–Crippen LogP) is 3.31. The number of hydrogen-bond acceptors (Lipinski definition) is 2. The molecule has 0 aliphatic heterocycles. The fraction of sp³-hybridized carbons (Fsp3) is 0.353. The summed E-state index contributed by atoms with van der Waals surface area (Å²) in [5.74, 6) is 6.56. The number of unbranched alkanes of at least 4 members (excludes halogenated alkanes) is 1. The summed E-state index contributed by atoms with van der Waals surface area (Å²) >= 11 is 0. The molecular weight excluding hydrogens is 236 g/mol. The van der Waals surface area contributed by atoms with Gasteiger partial charge in [0.2, 0.25) is 0 Å². The van der Waals surface area contributed by atoms with E-state index >= 15 is 0 Å². The molecule has 0 radical (unpaired) electrons. The lowest BCUT2D eigenvalue weighted by Crippen LogP contribution is -2.06. The van der Waals surface area contributed by atoms with E-state index in [1.54, 1.807) is 7.11 Å². The van der Waals surface area contributed by atoms with Crippen molar-refractivity contribution >= 4 is 0 Å². The molecule has 0 amide bonds. The largest absolute Gasteiger partial charge is 0.497 e. The van der Waals surface area contributed by atoms with Crippen molar-refractivity contribution in [1.82, 2.24) is 0 Å². The summed E-state index contributed by atoms with van der Waals surface area (Å²) in [6.07, 6.45) is 2.09. The highest BCUT2D eigenvalue weighted by Gasteiger charge is 2.05. The van der Waals surface area contributed by atoms with Crippen molar-refractivity contribution in [2.24, 2.45) is 0 Å².